The van der Waals surface area contributed by atoms with Gasteiger partial charge in [-0.1, -0.05) is 26.5 Å². The molecular weight excluding hydrogens is 1980 g/mol. The minimum absolute atomic E-state index is 0.104. The van der Waals surface area contributed by atoms with Crippen LogP contribution in [0.3, 0.4) is 0 Å². The maximum Gasteiger partial charge on any atom is 0.303 e. The molecule has 22 saturated carbocycles. The molecule has 24 aliphatic rings. The van der Waals surface area contributed by atoms with E-state index in [1.165, 1.54) is 232 Å². The Morgan fingerprint density at radius 1 is 0.351 bits per heavy atom. The SMILES string of the molecule is C=Cc1cn2c(CS(C)(=O)=O)nnc2cc1OCC12CC3CC(CC(C3)C1)C2.CCc1cn2c(CS(C)(=O)=O)nnc2cc1OCC12CC3CC(CC(C3)C1)C2.CCc1cn2c(NS(=O)(=O)N3CCC3)nnc2cc1OCC12CC3CC(CC(C3)C1)C2.CS(=O)(=O)Nc1nc2cc(OCC34CC5CC(CC(C5)C3)C4)c(C3CC3)cn2n1.O=S(=O)(Nc1nnc2cc(OCC34CC5CC(CC(C5)C3)C4)c(C3CC3)cn12)N1CCC1. The first kappa shape index (κ1) is 99.5. The smallest absolute Gasteiger partial charge is 0.303 e. The molecule has 10 aromatic heterocycles. The first-order chi connectivity index (χ1) is 70.9. The minimum atomic E-state index is -3.58. The standard InChI is InChI=1S/C23H31N5O3S.C22H31N5O3S.C21H28N4O3S.C21H29N3O3S.C21H27N3O3S/c29-32(30,27-4-1-5-27)26-22-25-24-21-9-20(19(13-28(21)22)18-2-3-18)31-14-23-10-15-6-16(11-23)8-17(7-15)12-23;1-2-18-13-27-20(23-24-21(27)25-31(28,29)26-4-3-5-26)9-19(18)30-14-22-10-15-6-16(11-22)8-17(7-15)12-22;1-29(26,27)24-20-22-19-7-18(17(16-2-3-16)11-25(19)23-20)28-12-21-8-13-4-14(9-21)6-15(5-13)10-21;2*1-3-17-11-24-19(22-23-20(24)12-28(2,25)26)7-18(17)27-13-21-8-14-4-15(9-21)6-16(5-14)10-21/h9,13,15-18H,1-8,10-12,14H2,(H,25,26);9,13,15-17H,2-8,10-12,14H2,1H3,(H,24,25);7,11,13-16H,2-6,8-10,12H2,1H3,(H,23,24);7,11,14-16H,3-6,8-10,12-13H2,1-2H3;3,7,11,14-16H,1,4-6,8-10,12-13H2,2H3. The maximum atomic E-state index is 12.5. The highest BCUT2D eigenvalue weighted by Crippen LogP contribution is 2.66. The van der Waals surface area contributed by atoms with Crippen LogP contribution in [-0.4, -0.2) is 202 Å². The van der Waals surface area contributed by atoms with Gasteiger partial charge in [0.1, 0.15) is 40.3 Å². The summed E-state index contributed by atoms with van der Waals surface area (Å²) in [7, 11) is -16.9. The summed E-state index contributed by atoms with van der Waals surface area (Å²) in [5.74, 6) is 20.1. The van der Waals surface area contributed by atoms with Crippen LogP contribution < -0.4 is 37.9 Å². The van der Waals surface area contributed by atoms with Gasteiger partial charge in [-0.3, -0.25) is 22.3 Å². The molecule has 12 heterocycles. The van der Waals surface area contributed by atoms with Crippen molar-refractivity contribution in [3.63, 3.8) is 0 Å². The molecule has 0 atom stereocenters. The van der Waals surface area contributed by atoms with E-state index in [-0.39, 0.29) is 29.4 Å². The lowest BCUT2D eigenvalue weighted by Gasteiger charge is -2.56. The lowest BCUT2D eigenvalue weighted by molar-refractivity contribution is -0.0747. The van der Waals surface area contributed by atoms with Crippen molar-refractivity contribution in [1.29, 1.82) is 0 Å². The van der Waals surface area contributed by atoms with Crippen LogP contribution in [0.2, 0.25) is 0 Å². The topological polar surface area (TPSA) is 410 Å². The van der Waals surface area contributed by atoms with E-state index in [2.05, 4.69) is 85.5 Å². The summed E-state index contributed by atoms with van der Waals surface area (Å²) in [5.41, 5.74) is 10.1. The Morgan fingerprint density at radius 2 is 0.642 bits per heavy atom. The van der Waals surface area contributed by atoms with Gasteiger partial charge in [0.25, 0.3) is 5.95 Å². The molecule has 0 unspecified atom stereocenters. The van der Waals surface area contributed by atoms with Gasteiger partial charge in [0.05, 0.1) is 39.3 Å². The molecule has 20 bridgehead atoms. The van der Waals surface area contributed by atoms with E-state index in [4.69, 9.17) is 23.7 Å². The van der Waals surface area contributed by atoms with Gasteiger partial charge in [-0.25, -0.2) is 39.2 Å². The fourth-order valence-corrected chi connectivity index (χ4v) is 37.7. The molecule has 0 amide bonds. The van der Waals surface area contributed by atoms with E-state index in [1.807, 2.05) is 61.3 Å². The normalized spacial score (nSPS) is 32.6. The number of nitrogens with one attached hydrogen (secondary N) is 3. The average Bonchev–Trinajstić information content (AvgIpc) is 1.10. The number of hydrogen-bond acceptors (Lipinski definition) is 25. The summed E-state index contributed by atoms with van der Waals surface area (Å²) in [5, 5.41) is 37.4. The molecule has 0 spiro atoms. The van der Waals surface area contributed by atoms with E-state index >= 15 is 0 Å². The summed E-state index contributed by atoms with van der Waals surface area (Å²) in [6.07, 6.45) is 64.3. The fourth-order valence-electron chi connectivity index (χ4n) is 33.4. The van der Waals surface area contributed by atoms with Crippen LogP contribution in [0.15, 0.2) is 67.9 Å². The lowest BCUT2D eigenvalue weighted by atomic mass is 9.50. The molecule has 2 saturated heterocycles. The highest BCUT2D eigenvalue weighted by molar-refractivity contribution is 7.92. The van der Waals surface area contributed by atoms with Gasteiger partial charge >= 0.3 is 20.4 Å². The van der Waals surface area contributed by atoms with Gasteiger partial charge in [0.2, 0.25) is 21.9 Å². The van der Waals surface area contributed by atoms with Crippen LogP contribution in [0.4, 0.5) is 17.8 Å². The second kappa shape index (κ2) is 38.0. The number of sulfonamides is 1. The zero-order valence-corrected chi connectivity index (χ0v) is 90.4. The number of pyridine rings is 5. The second-order valence-electron chi connectivity index (χ2n) is 50.8. The number of rotatable bonds is 32. The predicted octanol–water partition coefficient (Wildman–Crippen LogP) is 17.3. The van der Waals surface area contributed by atoms with Crippen molar-refractivity contribution in [3.05, 3.63) is 107 Å². The molecule has 2 aliphatic heterocycles. The fraction of sp³-hybridized carbons (Fsp3) is 0.704. The third-order valence-corrected chi connectivity index (χ3v) is 43.3. The third kappa shape index (κ3) is 20.8. The number of anilines is 3. The van der Waals surface area contributed by atoms with Crippen molar-refractivity contribution in [2.24, 2.45) is 116 Å². The van der Waals surface area contributed by atoms with E-state index in [0.29, 0.717) is 105 Å². The first-order valence-corrected chi connectivity index (χ1v) is 64.3. The van der Waals surface area contributed by atoms with Crippen LogP contribution in [0.1, 0.15) is 296 Å². The molecule has 22 aliphatic carbocycles. The van der Waals surface area contributed by atoms with Crippen LogP contribution in [0.5, 0.6) is 28.7 Å². The molecule has 24 fully saturated rings. The van der Waals surface area contributed by atoms with Crippen molar-refractivity contribution >= 4 is 102 Å². The molecule has 0 radical (unpaired) electrons. The molecule has 798 valence electrons. The van der Waals surface area contributed by atoms with Gasteiger partial charge < -0.3 is 23.7 Å². The highest BCUT2D eigenvalue weighted by Gasteiger charge is 2.57. The van der Waals surface area contributed by atoms with E-state index in [1.54, 1.807) is 28.2 Å². The number of ether oxygens (including phenoxy) is 5. The number of hydrogen-bond donors (Lipinski definition) is 3. The summed E-state index contributed by atoms with van der Waals surface area (Å²) < 4.78 is 171. The Labute approximate surface area is 869 Å². The number of nitrogens with zero attached hydrogens (tertiary/aromatic N) is 17. The molecule has 35 nitrogen and oxygen atoms in total. The van der Waals surface area contributed by atoms with E-state index in [9.17, 15) is 42.1 Å². The Kier molecular flexibility index (Phi) is 25.5. The van der Waals surface area contributed by atoms with Gasteiger partial charge in [-0.05, 0) is 345 Å². The largest absolute Gasteiger partial charge is 0.493 e. The van der Waals surface area contributed by atoms with Crippen molar-refractivity contribution in [2.45, 2.75) is 281 Å². The van der Waals surface area contributed by atoms with Gasteiger partial charge in [0, 0.05) is 155 Å². The van der Waals surface area contributed by atoms with Crippen LogP contribution in [-0.2, 0) is 74.5 Å². The zero-order valence-electron chi connectivity index (χ0n) is 86.3. The second-order valence-corrected chi connectivity index (χ2v) is 60.1. The van der Waals surface area contributed by atoms with Crippen molar-refractivity contribution in [2.75, 3.05) is 92.1 Å². The summed E-state index contributed by atoms with van der Waals surface area (Å²) in [6, 6.07) is 9.60. The molecule has 10 aromatic rings. The van der Waals surface area contributed by atoms with E-state index < -0.39 is 50.1 Å². The van der Waals surface area contributed by atoms with Gasteiger partial charge in [0.15, 0.2) is 59.6 Å². The van der Waals surface area contributed by atoms with Crippen LogP contribution >= 0.6 is 0 Å². The number of sulfone groups is 2. The summed E-state index contributed by atoms with van der Waals surface area (Å²) in [4.78, 5) is 4.34. The van der Waals surface area contributed by atoms with Crippen LogP contribution in [0.25, 0.3) is 34.3 Å². The maximum absolute atomic E-state index is 12.5. The molecular formula is C108H146N20O15S5. The Bertz CT molecular complexity index is 7230. The monoisotopic (exact) mass is 2120 g/mol. The average molecular weight is 2120 g/mol. The molecule has 3 N–H and O–H groups in total. The number of fused-ring (bicyclic) bond motifs is 5. The summed E-state index contributed by atoms with van der Waals surface area (Å²) >= 11 is 0. The molecule has 0 aromatic carbocycles. The third-order valence-electron chi connectivity index (χ3n) is 38.2. The minimum Gasteiger partial charge on any atom is -0.493 e. The molecule has 148 heavy (non-hydrogen) atoms. The Hall–Kier alpha value is -9.09. The summed E-state index contributed by atoms with van der Waals surface area (Å²) in [6.45, 7) is 14.2. The highest BCUT2D eigenvalue weighted by atomic mass is 32.2. The van der Waals surface area contributed by atoms with Crippen LogP contribution in [0, 0.1) is 116 Å². The molecule has 34 rings (SSSR count). The zero-order chi connectivity index (χ0) is 102. The van der Waals surface area contributed by atoms with Gasteiger partial charge in [-0.15, -0.1) is 45.9 Å². The lowest BCUT2D eigenvalue weighted by Crippen LogP contribution is -2.48. The predicted molar refractivity (Wildman–Crippen MR) is 561 cm³/mol. The van der Waals surface area contributed by atoms with Crippen molar-refractivity contribution < 1.29 is 65.8 Å². The Balaban J connectivity index is 0.0000000962. The number of aromatic nitrogens is 15. The molecule has 40 heteroatoms. The van der Waals surface area contributed by atoms with Crippen molar-refractivity contribution in [1.82, 2.24) is 81.6 Å². The quantitative estimate of drug-likeness (QED) is 0.0352. The number of aryl methyl sites for hydroxylation is 2. The van der Waals surface area contributed by atoms with Crippen molar-refractivity contribution in [3.8, 4) is 28.7 Å². The van der Waals surface area contributed by atoms with Gasteiger partial charge in [-0.2, -0.15) is 30.4 Å². The van der Waals surface area contributed by atoms with E-state index in [0.717, 1.165) is 218 Å². The Morgan fingerprint density at radius 3 is 0.959 bits per heavy atom. The first-order valence-electron chi connectivity index (χ1n) is 55.4.